The van der Waals surface area contributed by atoms with Crippen molar-refractivity contribution in [3.63, 3.8) is 0 Å². The average molecular weight is 446 g/mol. The quantitative estimate of drug-likeness (QED) is 0.513. The van der Waals surface area contributed by atoms with Crippen molar-refractivity contribution in [2.75, 3.05) is 11.1 Å². The van der Waals surface area contributed by atoms with Gasteiger partial charge in [0.25, 0.3) is 5.91 Å². The summed E-state index contributed by atoms with van der Waals surface area (Å²) in [5.41, 5.74) is 1.67. The summed E-state index contributed by atoms with van der Waals surface area (Å²) in [5, 5.41) is 7.89. The molecule has 8 heteroatoms. The van der Waals surface area contributed by atoms with Crippen LogP contribution in [0.3, 0.4) is 0 Å². The molecule has 0 spiro atoms. The second kappa shape index (κ2) is 8.61. The van der Waals surface area contributed by atoms with Crippen LogP contribution in [-0.4, -0.2) is 28.6 Å². The maximum Gasteiger partial charge on any atom is 0.252 e. The van der Waals surface area contributed by atoms with Crippen molar-refractivity contribution in [3.05, 3.63) is 64.1 Å². The van der Waals surface area contributed by atoms with E-state index in [1.807, 2.05) is 24.3 Å². The van der Waals surface area contributed by atoms with E-state index in [2.05, 4.69) is 15.6 Å². The number of amides is 2. The van der Waals surface area contributed by atoms with E-state index in [4.69, 9.17) is 23.2 Å². The van der Waals surface area contributed by atoms with Gasteiger partial charge >= 0.3 is 0 Å². The Labute approximate surface area is 182 Å². The first-order chi connectivity index (χ1) is 14.0. The second-order valence-electron chi connectivity index (χ2n) is 6.71. The molecule has 2 amide bonds. The average Bonchev–Trinajstić information content (AvgIpc) is 3.52. The molecule has 0 bridgehead atoms. The Morgan fingerprint density at radius 2 is 1.79 bits per heavy atom. The largest absolute Gasteiger partial charge is 0.349 e. The lowest BCUT2D eigenvalue weighted by Crippen LogP contribution is -2.25. The van der Waals surface area contributed by atoms with E-state index in [1.54, 1.807) is 24.3 Å². The number of para-hydroxylation sites is 2. The van der Waals surface area contributed by atoms with Crippen LogP contribution in [0.1, 0.15) is 23.2 Å². The second-order valence-corrected chi connectivity index (χ2v) is 8.52. The monoisotopic (exact) mass is 445 g/mol. The van der Waals surface area contributed by atoms with Crippen LogP contribution >= 0.6 is 35.0 Å². The summed E-state index contributed by atoms with van der Waals surface area (Å²) in [6, 6.07) is 14.5. The Hall–Kier alpha value is -2.28. The summed E-state index contributed by atoms with van der Waals surface area (Å²) in [6.45, 7) is 0. The third-order valence-corrected chi connectivity index (χ3v) is 5.97. The van der Waals surface area contributed by atoms with Crippen LogP contribution in [0.5, 0.6) is 0 Å². The number of hydrogen-bond acceptors (Lipinski definition) is 4. The lowest BCUT2D eigenvalue weighted by atomic mass is 10.1. The smallest absolute Gasteiger partial charge is 0.252 e. The number of benzene rings is 2. The van der Waals surface area contributed by atoms with Gasteiger partial charge in [-0.3, -0.25) is 9.59 Å². The zero-order valence-electron chi connectivity index (χ0n) is 15.2. The number of rotatable bonds is 6. The van der Waals surface area contributed by atoms with Gasteiger partial charge in [0.2, 0.25) is 5.91 Å². The fourth-order valence-electron chi connectivity index (χ4n) is 2.84. The molecule has 0 aliphatic heterocycles. The molecule has 0 atom stereocenters. The highest BCUT2D eigenvalue weighted by molar-refractivity contribution is 7.99. The number of nitrogens with one attached hydrogen (secondary N) is 2. The number of fused-ring (bicyclic) bond motifs is 1. The number of hydrogen-bond donors (Lipinski definition) is 2. The van der Waals surface area contributed by atoms with Gasteiger partial charge in [-0.2, -0.15) is 0 Å². The van der Waals surface area contributed by atoms with Crippen LogP contribution in [0.2, 0.25) is 10.0 Å². The molecule has 5 nitrogen and oxygen atoms in total. The van der Waals surface area contributed by atoms with Crippen molar-refractivity contribution in [3.8, 4) is 0 Å². The van der Waals surface area contributed by atoms with E-state index < -0.39 is 0 Å². The molecule has 4 rings (SSSR count). The van der Waals surface area contributed by atoms with Crippen molar-refractivity contribution >= 4 is 63.4 Å². The van der Waals surface area contributed by atoms with Crippen LogP contribution in [0.4, 0.5) is 5.69 Å². The molecule has 148 valence electrons. The molecular weight excluding hydrogens is 429 g/mol. The number of pyridine rings is 1. The van der Waals surface area contributed by atoms with Gasteiger partial charge in [-0.15, -0.1) is 0 Å². The van der Waals surface area contributed by atoms with Crippen LogP contribution < -0.4 is 10.6 Å². The van der Waals surface area contributed by atoms with Gasteiger partial charge in [0.05, 0.1) is 37.6 Å². The fraction of sp³-hybridized carbons (Fsp3) is 0.190. The van der Waals surface area contributed by atoms with E-state index in [9.17, 15) is 9.59 Å². The number of halogens is 2. The third-order valence-electron chi connectivity index (χ3n) is 4.43. The summed E-state index contributed by atoms with van der Waals surface area (Å²) in [4.78, 5) is 29.6. The van der Waals surface area contributed by atoms with Crippen molar-refractivity contribution in [2.45, 2.75) is 23.9 Å². The highest BCUT2D eigenvalue weighted by atomic mass is 35.5. The van der Waals surface area contributed by atoms with E-state index in [1.165, 1.54) is 11.8 Å². The first kappa shape index (κ1) is 20.0. The van der Waals surface area contributed by atoms with Crippen molar-refractivity contribution in [2.24, 2.45) is 0 Å². The Morgan fingerprint density at radius 1 is 1.07 bits per heavy atom. The summed E-state index contributed by atoms with van der Waals surface area (Å²) < 4.78 is 0. The normalized spacial score (nSPS) is 13.3. The van der Waals surface area contributed by atoms with Crippen molar-refractivity contribution in [1.29, 1.82) is 0 Å². The first-order valence-corrected chi connectivity index (χ1v) is 10.8. The molecule has 0 saturated heterocycles. The zero-order valence-corrected chi connectivity index (χ0v) is 17.6. The van der Waals surface area contributed by atoms with Gasteiger partial charge in [-0.05, 0) is 37.1 Å². The molecule has 1 heterocycles. The minimum Gasteiger partial charge on any atom is -0.349 e. The van der Waals surface area contributed by atoms with Gasteiger partial charge < -0.3 is 10.6 Å². The van der Waals surface area contributed by atoms with E-state index in [-0.39, 0.29) is 23.6 Å². The maximum absolute atomic E-state index is 12.7. The number of carbonyl (C=O) groups is 2. The molecule has 29 heavy (non-hydrogen) atoms. The van der Waals surface area contributed by atoms with Gasteiger partial charge in [-0.25, -0.2) is 4.98 Å². The Bertz CT molecular complexity index is 1080. The first-order valence-electron chi connectivity index (χ1n) is 9.08. The van der Waals surface area contributed by atoms with E-state index >= 15 is 0 Å². The minimum atomic E-state index is -0.260. The molecular formula is C21H17Cl2N3O2S. The summed E-state index contributed by atoms with van der Waals surface area (Å²) in [7, 11) is 0. The molecule has 2 N–H and O–H groups in total. The highest BCUT2D eigenvalue weighted by Crippen LogP contribution is 2.30. The Balaban J connectivity index is 1.51. The number of anilines is 1. The Morgan fingerprint density at radius 3 is 2.52 bits per heavy atom. The fourth-order valence-corrected chi connectivity index (χ4v) is 4.04. The number of thioether (sulfide) groups is 1. The highest BCUT2D eigenvalue weighted by Gasteiger charge is 2.25. The van der Waals surface area contributed by atoms with Gasteiger partial charge in [0, 0.05) is 11.4 Å². The molecule has 1 aromatic heterocycles. The van der Waals surface area contributed by atoms with Crippen LogP contribution in [0.15, 0.2) is 53.6 Å². The van der Waals surface area contributed by atoms with E-state index in [0.29, 0.717) is 31.8 Å². The molecule has 1 fully saturated rings. The van der Waals surface area contributed by atoms with Gasteiger partial charge in [-0.1, -0.05) is 59.2 Å². The molecule has 3 aromatic rings. The minimum absolute atomic E-state index is 0.108. The van der Waals surface area contributed by atoms with Crippen LogP contribution in [0.25, 0.3) is 10.9 Å². The third kappa shape index (κ3) is 4.83. The topological polar surface area (TPSA) is 71.1 Å². The summed E-state index contributed by atoms with van der Waals surface area (Å²) in [6.07, 6.45) is 2.03. The van der Waals surface area contributed by atoms with Crippen LogP contribution in [-0.2, 0) is 4.79 Å². The lowest BCUT2D eigenvalue weighted by Gasteiger charge is -2.11. The summed E-state index contributed by atoms with van der Waals surface area (Å²) >= 11 is 13.4. The Kier molecular flexibility index (Phi) is 5.94. The predicted molar refractivity (Wildman–Crippen MR) is 118 cm³/mol. The molecule has 1 saturated carbocycles. The lowest BCUT2D eigenvalue weighted by molar-refractivity contribution is -0.113. The molecule has 2 aromatic carbocycles. The predicted octanol–water partition coefficient (Wildman–Crippen LogP) is 5.16. The van der Waals surface area contributed by atoms with Crippen molar-refractivity contribution < 1.29 is 9.59 Å². The number of nitrogens with zero attached hydrogens (tertiary/aromatic N) is 1. The maximum atomic E-state index is 12.7. The SMILES string of the molecule is O=C(CSc1cc(C(=O)NC2CC2)c2ccccc2n1)Nc1c(Cl)cccc1Cl. The van der Waals surface area contributed by atoms with Gasteiger partial charge in [0.15, 0.2) is 0 Å². The molecule has 0 unspecified atom stereocenters. The summed E-state index contributed by atoms with van der Waals surface area (Å²) in [5.74, 6) is -0.263. The van der Waals surface area contributed by atoms with Crippen molar-refractivity contribution in [1.82, 2.24) is 10.3 Å². The van der Waals surface area contributed by atoms with E-state index in [0.717, 1.165) is 18.2 Å². The molecule has 1 aliphatic rings. The standard InChI is InChI=1S/C21H17Cl2N3O2S/c22-15-5-3-6-16(23)20(15)26-18(27)11-29-19-10-14(21(28)24-12-8-9-12)13-4-1-2-7-17(13)25-19/h1-7,10,12H,8-9,11H2,(H,24,28)(H,26,27). The van der Waals surface area contributed by atoms with Gasteiger partial charge in [0.1, 0.15) is 0 Å². The molecule has 0 radical (unpaired) electrons. The zero-order chi connectivity index (χ0) is 20.4. The van der Waals surface area contributed by atoms with Crippen LogP contribution in [0, 0.1) is 0 Å². The number of aromatic nitrogens is 1. The number of carbonyl (C=O) groups excluding carboxylic acids is 2. The molecule has 1 aliphatic carbocycles.